The van der Waals surface area contributed by atoms with E-state index in [0.29, 0.717) is 0 Å². The molecule has 0 saturated heterocycles. The minimum Gasteiger partial charge on any atom is -0.384 e. The van der Waals surface area contributed by atoms with E-state index in [2.05, 4.69) is 36.3 Å². The Bertz CT molecular complexity index is 330. The van der Waals surface area contributed by atoms with Gasteiger partial charge >= 0.3 is 0 Å². The van der Waals surface area contributed by atoms with Gasteiger partial charge in [0.15, 0.2) is 0 Å². The summed E-state index contributed by atoms with van der Waals surface area (Å²) >= 11 is 0. The zero-order valence-corrected chi connectivity index (χ0v) is 11.3. The van der Waals surface area contributed by atoms with Crippen LogP contribution >= 0.6 is 0 Å². The largest absolute Gasteiger partial charge is 0.384 e. The van der Waals surface area contributed by atoms with Crippen molar-refractivity contribution in [3.8, 4) is 23.7 Å². The molecule has 0 aliphatic carbocycles. The van der Waals surface area contributed by atoms with Gasteiger partial charge in [0.1, 0.15) is 6.61 Å². The zero-order valence-electron chi connectivity index (χ0n) is 11.3. The molecule has 0 aliphatic heterocycles. The second-order valence-corrected chi connectivity index (χ2v) is 4.09. The van der Waals surface area contributed by atoms with E-state index in [-0.39, 0.29) is 6.61 Å². The molecule has 0 aromatic rings. The molecule has 0 fully saturated rings. The van der Waals surface area contributed by atoms with Crippen molar-refractivity contribution < 1.29 is 5.11 Å². The summed E-state index contributed by atoms with van der Waals surface area (Å²) in [6.45, 7) is 3.54. The quantitative estimate of drug-likeness (QED) is 0.371. The van der Waals surface area contributed by atoms with E-state index >= 15 is 0 Å². The van der Waals surface area contributed by atoms with Crippen LogP contribution in [0.3, 0.4) is 0 Å². The minimum atomic E-state index is -0.101. The average Bonchev–Trinajstić information content (AvgIpc) is 2.39. The highest BCUT2D eigenvalue weighted by molar-refractivity contribution is 5.25. The third kappa shape index (κ3) is 14.6. The summed E-state index contributed by atoms with van der Waals surface area (Å²) in [5.41, 5.74) is 0. The molecule has 0 amide bonds. The Morgan fingerprint density at radius 1 is 0.889 bits per heavy atom. The van der Waals surface area contributed by atoms with Crippen LogP contribution in [-0.4, -0.2) is 11.7 Å². The lowest BCUT2D eigenvalue weighted by atomic mass is 10.1. The van der Waals surface area contributed by atoms with E-state index in [1.807, 2.05) is 12.2 Å². The number of aliphatic hydroxyl groups excluding tert-OH is 1. The van der Waals surface area contributed by atoms with E-state index in [0.717, 1.165) is 12.8 Å². The number of hydrogen-bond donors (Lipinski definition) is 1. The lowest BCUT2D eigenvalue weighted by molar-refractivity contribution is 0.350. The SMILES string of the molecule is C=C/C=C\CCCCCCCCC#CC#CCO. The van der Waals surface area contributed by atoms with Crippen molar-refractivity contribution in [3.63, 3.8) is 0 Å². The molecule has 0 saturated carbocycles. The van der Waals surface area contributed by atoms with Crippen LogP contribution in [-0.2, 0) is 0 Å². The van der Waals surface area contributed by atoms with Gasteiger partial charge in [-0.15, -0.1) is 0 Å². The first-order chi connectivity index (χ1) is 8.91. The van der Waals surface area contributed by atoms with Crippen molar-refractivity contribution in [2.75, 3.05) is 6.61 Å². The van der Waals surface area contributed by atoms with E-state index in [4.69, 9.17) is 5.11 Å². The van der Waals surface area contributed by atoms with Crippen LogP contribution < -0.4 is 0 Å². The Kier molecular flexibility index (Phi) is 14.3. The molecule has 18 heavy (non-hydrogen) atoms. The fraction of sp³-hybridized carbons (Fsp3) is 0.529. The molecular formula is C17H24O. The highest BCUT2D eigenvalue weighted by Gasteiger charge is 1.89. The number of rotatable bonds is 9. The molecule has 0 aliphatic rings. The summed E-state index contributed by atoms with van der Waals surface area (Å²) in [5.74, 6) is 10.8. The Morgan fingerprint density at radius 3 is 2.28 bits per heavy atom. The molecule has 0 bridgehead atoms. The fourth-order valence-corrected chi connectivity index (χ4v) is 1.57. The predicted molar refractivity (Wildman–Crippen MR) is 78.9 cm³/mol. The molecule has 1 N–H and O–H groups in total. The fourth-order valence-electron chi connectivity index (χ4n) is 1.57. The Labute approximate surface area is 112 Å². The van der Waals surface area contributed by atoms with Gasteiger partial charge in [0.25, 0.3) is 0 Å². The zero-order chi connectivity index (χ0) is 13.3. The van der Waals surface area contributed by atoms with Gasteiger partial charge in [-0.25, -0.2) is 0 Å². The van der Waals surface area contributed by atoms with Crippen LogP contribution in [0.2, 0.25) is 0 Å². The highest BCUT2D eigenvalue weighted by Crippen LogP contribution is 2.08. The van der Waals surface area contributed by atoms with Crippen LogP contribution in [0.5, 0.6) is 0 Å². The molecule has 0 atom stereocenters. The first-order valence-electron chi connectivity index (χ1n) is 6.76. The molecular weight excluding hydrogens is 220 g/mol. The third-order valence-corrected chi connectivity index (χ3v) is 2.51. The molecule has 0 rings (SSSR count). The number of aliphatic hydroxyl groups is 1. The second-order valence-electron chi connectivity index (χ2n) is 4.09. The van der Waals surface area contributed by atoms with E-state index < -0.39 is 0 Å². The van der Waals surface area contributed by atoms with Gasteiger partial charge in [0, 0.05) is 6.42 Å². The maximum absolute atomic E-state index is 8.41. The van der Waals surface area contributed by atoms with Crippen molar-refractivity contribution in [1.82, 2.24) is 0 Å². The summed E-state index contributed by atoms with van der Waals surface area (Å²) in [4.78, 5) is 0. The maximum atomic E-state index is 8.41. The van der Waals surface area contributed by atoms with E-state index in [1.165, 1.54) is 38.5 Å². The first kappa shape index (κ1) is 16.6. The van der Waals surface area contributed by atoms with Crippen LogP contribution in [0.25, 0.3) is 0 Å². The Morgan fingerprint density at radius 2 is 1.56 bits per heavy atom. The van der Waals surface area contributed by atoms with Crippen molar-refractivity contribution in [3.05, 3.63) is 24.8 Å². The molecule has 0 heterocycles. The standard InChI is InChI=1S/C17H24O/c1-2-3-4-5-6-7-8-9-10-11-12-13-14-15-16-17-18/h2-4,18H,1,5-12,17H2/b4-3-. The molecule has 0 aromatic carbocycles. The molecule has 0 aromatic heterocycles. The van der Waals surface area contributed by atoms with Gasteiger partial charge in [0.05, 0.1) is 0 Å². The van der Waals surface area contributed by atoms with E-state index in [9.17, 15) is 0 Å². The third-order valence-electron chi connectivity index (χ3n) is 2.51. The highest BCUT2D eigenvalue weighted by atomic mass is 16.2. The molecule has 0 unspecified atom stereocenters. The summed E-state index contributed by atoms with van der Waals surface area (Å²) in [5, 5.41) is 8.41. The van der Waals surface area contributed by atoms with Crippen molar-refractivity contribution in [2.24, 2.45) is 0 Å². The monoisotopic (exact) mass is 244 g/mol. The normalized spacial score (nSPS) is 9.39. The van der Waals surface area contributed by atoms with Crippen LogP contribution in [0.1, 0.15) is 51.4 Å². The second kappa shape index (κ2) is 15.6. The first-order valence-corrected chi connectivity index (χ1v) is 6.76. The Hall–Kier alpha value is -1.44. The summed E-state index contributed by atoms with van der Waals surface area (Å²) in [6.07, 6.45) is 15.7. The number of unbranched alkanes of at least 4 members (excludes halogenated alkanes) is 7. The van der Waals surface area contributed by atoms with E-state index in [1.54, 1.807) is 0 Å². The molecule has 0 spiro atoms. The van der Waals surface area contributed by atoms with Crippen LogP contribution in [0.4, 0.5) is 0 Å². The smallest absolute Gasteiger partial charge is 0.105 e. The number of hydrogen-bond acceptors (Lipinski definition) is 1. The average molecular weight is 244 g/mol. The van der Waals surface area contributed by atoms with Gasteiger partial charge in [-0.05, 0) is 31.1 Å². The minimum absolute atomic E-state index is 0.101. The summed E-state index contributed by atoms with van der Waals surface area (Å²) in [7, 11) is 0. The van der Waals surface area contributed by atoms with Gasteiger partial charge in [-0.3, -0.25) is 0 Å². The van der Waals surface area contributed by atoms with Crippen LogP contribution in [0.15, 0.2) is 24.8 Å². The van der Waals surface area contributed by atoms with Crippen molar-refractivity contribution in [2.45, 2.75) is 51.4 Å². The maximum Gasteiger partial charge on any atom is 0.105 e. The lowest BCUT2D eigenvalue weighted by Crippen LogP contribution is -1.79. The Balaban J connectivity index is 3.18. The van der Waals surface area contributed by atoms with Gasteiger partial charge < -0.3 is 5.11 Å². The summed E-state index contributed by atoms with van der Waals surface area (Å²) < 4.78 is 0. The molecule has 98 valence electrons. The van der Waals surface area contributed by atoms with Crippen molar-refractivity contribution in [1.29, 1.82) is 0 Å². The topological polar surface area (TPSA) is 20.2 Å². The van der Waals surface area contributed by atoms with Gasteiger partial charge in [0.2, 0.25) is 0 Å². The van der Waals surface area contributed by atoms with Crippen molar-refractivity contribution >= 4 is 0 Å². The lowest BCUT2D eigenvalue weighted by Gasteiger charge is -1.98. The van der Waals surface area contributed by atoms with Gasteiger partial charge in [-0.2, -0.15) is 0 Å². The van der Waals surface area contributed by atoms with Crippen LogP contribution in [0, 0.1) is 23.7 Å². The number of allylic oxidation sites excluding steroid dienone is 3. The molecule has 1 nitrogen and oxygen atoms in total. The molecule has 0 radical (unpaired) electrons. The summed E-state index contributed by atoms with van der Waals surface area (Å²) in [6, 6.07) is 0. The predicted octanol–water partition coefficient (Wildman–Crippen LogP) is 3.85. The van der Waals surface area contributed by atoms with Gasteiger partial charge in [-0.1, -0.05) is 62.3 Å². The molecule has 1 heteroatoms.